The number of rotatable bonds is 3. The smallest absolute Gasteiger partial charge is 0.243 e. The maximum absolute atomic E-state index is 12.8. The van der Waals surface area contributed by atoms with Crippen molar-refractivity contribution in [3.05, 3.63) is 23.8 Å². The molecule has 0 radical (unpaired) electrons. The average Bonchev–Trinajstić information content (AvgIpc) is 2.82. The number of nitrogens with one attached hydrogen (secondary N) is 1. The minimum atomic E-state index is -3.70. The Kier molecular flexibility index (Phi) is 3.89. The molecule has 2 aliphatic heterocycles. The molecule has 0 aliphatic carbocycles. The van der Waals surface area contributed by atoms with Crippen LogP contribution >= 0.6 is 0 Å². The number of amides is 2. The zero-order chi connectivity index (χ0) is 16.8. The van der Waals surface area contributed by atoms with E-state index in [9.17, 15) is 18.0 Å². The van der Waals surface area contributed by atoms with E-state index in [2.05, 4.69) is 5.32 Å². The van der Waals surface area contributed by atoms with Crippen LogP contribution in [0.15, 0.2) is 23.1 Å². The quantitative estimate of drug-likeness (QED) is 0.843. The first kappa shape index (κ1) is 15.9. The Labute approximate surface area is 134 Å². The van der Waals surface area contributed by atoms with Gasteiger partial charge in [-0.25, -0.2) is 8.42 Å². The lowest BCUT2D eigenvalue weighted by atomic mass is 9.99. The molecule has 1 aromatic carbocycles. The summed E-state index contributed by atoms with van der Waals surface area (Å²) in [5.41, 5.74) is 6.64. The van der Waals surface area contributed by atoms with Crippen LogP contribution in [0, 0.1) is 5.92 Å². The number of carbonyl (C=O) groups is 2. The fourth-order valence-corrected chi connectivity index (χ4v) is 4.66. The van der Waals surface area contributed by atoms with Gasteiger partial charge in [0.05, 0.1) is 16.7 Å². The van der Waals surface area contributed by atoms with Gasteiger partial charge in [-0.1, -0.05) is 0 Å². The summed E-state index contributed by atoms with van der Waals surface area (Å²) in [4.78, 5) is 23.2. The second-order valence-corrected chi connectivity index (χ2v) is 8.00. The highest BCUT2D eigenvalue weighted by molar-refractivity contribution is 7.89. The zero-order valence-electron chi connectivity index (χ0n) is 12.8. The van der Waals surface area contributed by atoms with E-state index in [-0.39, 0.29) is 23.3 Å². The molecule has 1 aromatic rings. The summed E-state index contributed by atoms with van der Waals surface area (Å²) in [6, 6.07) is 4.64. The summed E-state index contributed by atoms with van der Waals surface area (Å²) in [6.07, 6.45) is 1.22. The van der Waals surface area contributed by atoms with E-state index in [1.807, 2.05) is 0 Å². The van der Waals surface area contributed by atoms with Crippen LogP contribution < -0.4 is 11.1 Å². The highest BCUT2D eigenvalue weighted by Crippen LogP contribution is 2.35. The molecule has 3 N–H and O–H groups in total. The van der Waals surface area contributed by atoms with Crippen LogP contribution in [0.2, 0.25) is 0 Å². The molecule has 0 spiro atoms. The first-order chi connectivity index (χ1) is 10.8. The molecule has 0 saturated carbocycles. The monoisotopic (exact) mass is 337 g/mol. The fraction of sp³-hybridized carbons (Fsp3) is 0.467. The molecule has 3 rings (SSSR count). The topological polar surface area (TPSA) is 110 Å². The summed E-state index contributed by atoms with van der Waals surface area (Å²) in [7, 11) is -3.70. The summed E-state index contributed by atoms with van der Waals surface area (Å²) in [5, 5.41) is 2.72. The maximum Gasteiger partial charge on any atom is 0.243 e. The minimum Gasteiger partial charge on any atom is -0.369 e. The predicted molar refractivity (Wildman–Crippen MR) is 84.2 cm³/mol. The molecule has 0 unspecified atom stereocenters. The van der Waals surface area contributed by atoms with E-state index in [4.69, 9.17) is 5.73 Å². The summed E-state index contributed by atoms with van der Waals surface area (Å²) in [5.74, 6) is -1.43. The summed E-state index contributed by atoms with van der Waals surface area (Å²) < 4.78 is 26.9. The predicted octanol–water partition coefficient (Wildman–Crippen LogP) is 0.628. The molecule has 2 amide bonds. The molecule has 8 heteroatoms. The van der Waals surface area contributed by atoms with Crippen molar-refractivity contribution in [3.8, 4) is 0 Å². The molecule has 7 nitrogen and oxygen atoms in total. The van der Waals surface area contributed by atoms with Crippen molar-refractivity contribution in [2.24, 2.45) is 11.7 Å². The molecule has 1 fully saturated rings. The van der Waals surface area contributed by atoms with E-state index < -0.39 is 21.8 Å². The van der Waals surface area contributed by atoms with Gasteiger partial charge in [0.25, 0.3) is 0 Å². The van der Waals surface area contributed by atoms with Crippen molar-refractivity contribution < 1.29 is 18.0 Å². The standard InChI is InChI=1S/C15H19N3O4S/c1-9-12-7-11(4-5-13(12)17-15(9)20)23(21,22)18-6-2-3-10(8-18)14(16)19/h4-5,7,9-10H,2-3,6,8H2,1H3,(H2,16,19)(H,17,20)/t9-,10+/m1/s1. The highest BCUT2D eigenvalue weighted by Gasteiger charge is 2.34. The van der Waals surface area contributed by atoms with Crippen molar-refractivity contribution >= 4 is 27.5 Å². The third kappa shape index (κ3) is 2.72. The second-order valence-electron chi connectivity index (χ2n) is 6.06. The van der Waals surface area contributed by atoms with Crippen LogP contribution in [-0.4, -0.2) is 37.6 Å². The van der Waals surface area contributed by atoms with Gasteiger partial charge in [0, 0.05) is 18.8 Å². The molecule has 0 aromatic heterocycles. The maximum atomic E-state index is 12.8. The third-order valence-electron chi connectivity index (χ3n) is 4.56. The van der Waals surface area contributed by atoms with Crippen LogP contribution in [0.3, 0.4) is 0 Å². The first-order valence-electron chi connectivity index (χ1n) is 7.55. The molecule has 0 bridgehead atoms. The molecule has 124 valence electrons. The lowest BCUT2D eigenvalue weighted by Gasteiger charge is -2.30. The second kappa shape index (κ2) is 5.61. The Balaban J connectivity index is 1.92. The number of carbonyl (C=O) groups excluding carboxylic acids is 2. The number of benzene rings is 1. The molecular formula is C15H19N3O4S. The number of hydrogen-bond donors (Lipinski definition) is 2. The number of piperidine rings is 1. The Morgan fingerprint density at radius 3 is 2.83 bits per heavy atom. The Hall–Kier alpha value is -1.93. The fourth-order valence-electron chi connectivity index (χ4n) is 3.10. The normalized spacial score (nSPS) is 25.0. The van der Waals surface area contributed by atoms with Crippen molar-refractivity contribution in [1.29, 1.82) is 0 Å². The number of sulfonamides is 1. The molecule has 2 heterocycles. The van der Waals surface area contributed by atoms with Crippen molar-refractivity contribution in [2.75, 3.05) is 18.4 Å². The van der Waals surface area contributed by atoms with E-state index >= 15 is 0 Å². The Morgan fingerprint density at radius 1 is 1.39 bits per heavy atom. The minimum absolute atomic E-state index is 0.113. The van der Waals surface area contributed by atoms with Crippen LogP contribution in [0.1, 0.15) is 31.2 Å². The molecule has 23 heavy (non-hydrogen) atoms. The van der Waals surface area contributed by atoms with Crippen molar-refractivity contribution in [1.82, 2.24) is 4.31 Å². The van der Waals surface area contributed by atoms with Gasteiger partial charge in [-0.05, 0) is 43.5 Å². The summed E-state index contributed by atoms with van der Waals surface area (Å²) in [6.45, 7) is 2.22. The van der Waals surface area contributed by atoms with Gasteiger partial charge in [0.2, 0.25) is 21.8 Å². The number of nitrogens with zero attached hydrogens (tertiary/aromatic N) is 1. The zero-order valence-corrected chi connectivity index (χ0v) is 13.6. The van der Waals surface area contributed by atoms with Gasteiger partial charge in [-0.3, -0.25) is 9.59 Å². The molecule has 2 aliphatic rings. The third-order valence-corrected chi connectivity index (χ3v) is 6.43. The number of nitrogens with two attached hydrogens (primary N) is 1. The van der Waals surface area contributed by atoms with Crippen molar-refractivity contribution in [2.45, 2.75) is 30.6 Å². The van der Waals surface area contributed by atoms with Crippen molar-refractivity contribution in [3.63, 3.8) is 0 Å². The van der Waals surface area contributed by atoms with E-state index in [1.165, 1.54) is 10.4 Å². The number of fused-ring (bicyclic) bond motifs is 1. The van der Waals surface area contributed by atoms with Crippen LogP contribution in [0.4, 0.5) is 5.69 Å². The van der Waals surface area contributed by atoms with E-state index in [0.717, 1.165) is 0 Å². The molecular weight excluding hydrogens is 318 g/mol. The van der Waals surface area contributed by atoms with Crippen LogP contribution in [-0.2, 0) is 19.6 Å². The van der Waals surface area contributed by atoms with Crippen LogP contribution in [0.25, 0.3) is 0 Å². The van der Waals surface area contributed by atoms with Crippen LogP contribution in [0.5, 0.6) is 0 Å². The highest BCUT2D eigenvalue weighted by atomic mass is 32.2. The van der Waals surface area contributed by atoms with Gasteiger partial charge < -0.3 is 11.1 Å². The first-order valence-corrected chi connectivity index (χ1v) is 8.99. The van der Waals surface area contributed by atoms with Gasteiger partial charge in [0.1, 0.15) is 0 Å². The average molecular weight is 337 g/mol. The Morgan fingerprint density at radius 2 is 2.13 bits per heavy atom. The SMILES string of the molecule is C[C@H]1C(=O)Nc2ccc(S(=O)(=O)N3CCC[C@H](C(N)=O)C3)cc21. The lowest BCUT2D eigenvalue weighted by molar-refractivity contribution is -0.122. The largest absolute Gasteiger partial charge is 0.369 e. The Bertz CT molecular complexity index is 775. The van der Waals surface area contributed by atoms with Gasteiger partial charge in [-0.2, -0.15) is 4.31 Å². The van der Waals surface area contributed by atoms with E-state index in [1.54, 1.807) is 19.1 Å². The summed E-state index contributed by atoms with van der Waals surface area (Å²) >= 11 is 0. The van der Waals surface area contributed by atoms with Gasteiger partial charge in [-0.15, -0.1) is 0 Å². The van der Waals surface area contributed by atoms with Gasteiger partial charge >= 0.3 is 0 Å². The number of primary amides is 1. The molecule has 1 saturated heterocycles. The van der Waals surface area contributed by atoms with E-state index in [0.29, 0.717) is 30.6 Å². The molecule has 2 atom stereocenters. The lowest BCUT2D eigenvalue weighted by Crippen LogP contribution is -2.44. The van der Waals surface area contributed by atoms with Gasteiger partial charge in [0.15, 0.2) is 0 Å². The number of hydrogen-bond acceptors (Lipinski definition) is 4. The number of anilines is 1.